The summed E-state index contributed by atoms with van der Waals surface area (Å²) in [4.78, 5) is 22.7. The molecule has 19 heavy (non-hydrogen) atoms. The Morgan fingerprint density at radius 2 is 2.05 bits per heavy atom. The van der Waals surface area contributed by atoms with E-state index >= 15 is 0 Å². The molecule has 0 spiro atoms. The zero-order chi connectivity index (χ0) is 14.3. The number of aromatic hydroxyl groups is 1. The lowest BCUT2D eigenvalue weighted by Gasteiger charge is -2.14. The minimum Gasteiger partial charge on any atom is -0.508 e. The number of carbonyl (C=O) groups excluding carboxylic acids is 1. The molecule has 1 aromatic rings. The van der Waals surface area contributed by atoms with Crippen LogP contribution in [0, 0.1) is 0 Å². The number of rotatable bonds is 7. The Hall–Kier alpha value is -1.69. The van der Waals surface area contributed by atoms with E-state index in [0.717, 1.165) is 0 Å². The molecule has 0 heterocycles. The maximum Gasteiger partial charge on any atom is 0.326 e. The normalized spacial score (nSPS) is 11.8. The van der Waals surface area contributed by atoms with Crippen molar-refractivity contribution in [2.24, 2.45) is 0 Å². The van der Waals surface area contributed by atoms with Gasteiger partial charge in [-0.1, -0.05) is 18.2 Å². The van der Waals surface area contributed by atoms with Crippen LogP contribution in [-0.4, -0.2) is 40.1 Å². The van der Waals surface area contributed by atoms with E-state index in [0.29, 0.717) is 17.7 Å². The number of phenols is 1. The molecule has 0 aliphatic heterocycles. The summed E-state index contributed by atoms with van der Waals surface area (Å²) in [6.07, 6.45) is 2.22. The molecular formula is C13H17NO4S. The number of phenolic OH excluding ortho intramolecular Hbond substituents is 1. The summed E-state index contributed by atoms with van der Waals surface area (Å²) in [7, 11) is 0. The van der Waals surface area contributed by atoms with Gasteiger partial charge >= 0.3 is 5.97 Å². The summed E-state index contributed by atoms with van der Waals surface area (Å²) in [6.45, 7) is 0. The molecule has 0 fully saturated rings. The van der Waals surface area contributed by atoms with Gasteiger partial charge in [0.15, 0.2) is 0 Å². The molecule has 0 radical (unpaired) electrons. The van der Waals surface area contributed by atoms with Crippen LogP contribution in [-0.2, 0) is 16.0 Å². The van der Waals surface area contributed by atoms with Gasteiger partial charge in [-0.2, -0.15) is 11.8 Å². The van der Waals surface area contributed by atoms with E-state index in [-0.39, 0.29) is 12.2 Å². The van der Waals surface area contributed by atoms with Gasteiger partial charge < -0.3 is 15.5 Å². The van der Waals surface area contributed by atoms with Crippen LogP contribution in [0.3, 0.4) is 0 Å². The fourth-order valence-electron chi connectivity index (χ4n) is 1.57. The molecule has 0 aliphatic carbocycles. The summed E-state index contributed by atoms with van der Waals surface area (Å²) in [5, 5.41) is 21.0. The fourth-order valence-corrected chi connectivity index (χ4v) is 2.04. The van der Waals surface area contributed by atoms with Crippen molar-refractivity contribution >= 4 is 23.6 Å². The number of amides is 1. The third-order valence-corrected chi connectivity index (χ3v) is 3.23. The predicted molar refractivity (Wildman–Crippen MR) is 74.4 cm³/mol. The number of aliphatic carboxylic acids is 1. The smallest absolute Gasteiger partial charge is 0.326 e. The monoisotopic (exact) mass is 283 g/mol. The Kier molecular flexibility index (Phi) is 6.21. The van der Waals surface area contributed by atoms with Crippen LogP contribution in [0.25, 0.3) is 0 Å². The molecule has 1 unspecified atom stereocenters. The van der Waals surface area contributed by atoms with Crippen molar-refractivity contribution in [1.82, 2.24) is 5.32 Å². The number of carboxylic acids is 1. The molecule has 0 saturated heterocycles. The highest BCUT2D eigenvalue weighted by Gasteiger charge is 2.19. The number of hydrogen-bond donors (Lipinski definition) is 3. The average Bonchev–Trinajstić information content (AvgIpc) is 2.37. The summed E-state index contributed by atoms with van der Waals surface area (Å²) >= 11 is 1.53. The zero-order valence-corrected chi connectivity index (χ0v) is 11.4. The SMILES string of the molecule is CSCCC(NC(=O)Cc1ccccc1O)C(=O)O. The quantitative estimate of drug-likeness (QED) is 0.701. The Morgan fingerprint density at radius 1 is 1.37 bits per heavy atom. The Bertz CT molecular complexity index is 450. The standard InChI is InChI=1S/C13H17NO4S/c1-19-7-6-10(13(17)18)14-12(16)8-9-4-2-3-5-11(9)15/h2-5,10,15H,6-8H2,1H3,(H,14,16)(H,17,18). The van der Waals surface area contributed by atoms with Crippen LogP contribution >= 0.6 is 11.8 Å². The van der Waals surface area contributed by atoms with Crippen LogP contribution in [0.2, 0.25) is 0 Å². The summed E-state index contributed by atoms with van der Waals surface area (Å²) < 4.78 is 0. The van der Waals surface area contributed by atoms with Gasteiger partial charge in [-0.05, 0) is 24.5 Å². The van der Waals surface area contributed by atoms with Crippen LogP contribution in [0.4, 0.5) is 0 Å². The molecule has 1 aromatic carbocycles. The average molecular weight is 283 g/mol. The van der Waals surface area contributed by atoms with Gasteiger partial charge in [-0.15, -0.1) is 0 Å². The van der Waals surface area contributed by atoms with Crippen LogP contribution < -0.4 is 5.32 Å². The second-order valence-corrected chi connectivity index (χ2v) is 5.03. The molecule has 0 bridgehead atoms. The summed E-state index contributed by atoms with van der Waals surface area (Å²) in [5.41, 5.74) is 0.481. The van der Waals surface area contributed by atoms with E-state index in [9.17, 15) is 14.7 Å². The lowest BCUT2D eigenvalue weighted by molar-refractivity contribution is -0.141. The third-order valence-electron chi connectivity index (χ3n) is 2.59. The van der Waals surface area contributed by atoms with E-state index < -0.39 is 17.9 Å². The molecule has 6 heteroatoms. The molecule has 0 aromatic heterocycles. The number of hydrogen-bond acceptors (Lipinski definition) is 4. The van der Waals surface area contributed by atoms with Gasteiger partial charge in [-0.25, -0.2) is 4.79 Å². The second-order valence-electron chi connectivity index (χ2n) is 4.05. The van der Waals surface area contributed by atoms with E-state index in [4.69, 9.17) is 5.11 Å². The van der Waals surface area contributed by atoms with Crippen LogP contribution in [0.1, 0.15) is 12.0 Å². The van der Waals surface area contributed by atoms with Gasteiger partial charge in [0.1, 0.15) is 11.8 Å². The molecule has 5 nitrogen and oxygen atoms in total. The number of nitrogens with one attached hydrogen (secondary N) is 1. The molecule has 1 atom stereocenters. The molecule has 1 amide bonds. The van der Waals surface area contributed by atoms with Crippen LogP contribution in [0.15, 0.2) is 24.3 Å². The number of para-hydroxylation sites is 1. The third kappa shape index (κ3) is 5.21. The summed E-state index contributed by atoms with van der Waals surface area (Å²) in [5.74, 6) is -0.753. The lowest BCUT2D eigenvalue weighted by Crippen LogP contribution is -2.41. The Morgan fingerprint density at radius 3 is 2.63 bits per heavy atom. The van der Waals surface area contributed by atoms with Crippen molar-refractivity contribution in [1.29, 1.82) is 0 Å². The minimum atomic E-state index is -1.04. The topological polar surface area (TPSA) is 86.6 Å². The molecule has 3 N–H and O–H groups in total. The first-order chi connectivity index (χ1) is 9.04. The van der Waals surface area contributed by atoms with Gasteiger partial charge in [0, 0.05) is 5.56 Å². The second kappa shape index (κ2) is 7.68. The fraction of sp³-hybridized carbons (Fsp3) is 0.385. The van der Waals surface area contributed by atoms with Crippen molar-refractivity contribution in [3.63, 3.8) is 0 Å². The maximum atomic E-state index is 11.8. The number of thioether (sulfide) groups is 1. The predicted octanol–water partition coefficient (Wildman–Crippen LogP) is 1.26. The molecule has 1 rings (SSSR count). The highest BCUT2D eigenvalue weighted by Crippen LogP contribution is 2.16. The van der Waals surface area contributed by atoms with Crippen molar-refractivity contribution in [3.8, 4) is 5.75 Å². The van der Waals surface area contributed by atoms with E-state index in [1.807, 2.05) is 6.26 Å². The number of carboxylic acid groups (broad SMARTS) is 1. The maximum absolute atomic E-state index is 11.8. The number of carbonyl (C=O) groups is 2. The largest absolute Gasteiger partial charge is 0.508 e. The lowest BCUT2D eigenvalue weighted by atomic mass is 10.1. The van der Waals surface area contributed by atoms with Crippen molar-refractivity contribution in [2.45, 2.75) is 18.9 Å². The van der Waals surface area contributed by atoms with Gasteiger partial charge in [0.2, 0.25) is 5.91 Å². The van der Waals surface area contributed by atoms with E-state index in [1.54, 1.807) is 18.2 Å². The first-order valence-electron chi connectivity index (χ1n) is 5.82. The molecule has 0 aliphatic rings. The van der Waals surface area contributed by atoms with Gasteiger partial charge in [0.05, 0.1) is 6.42 Å². The molecular weight excluding hydrogens is 266 g/mol. The molecule has 104 valence electrons. The van der Waals surface area contributed by atoms with E-state index in [1.165, 1.54) is 17.8 Å². The number of benzene rings is 1. The molecule has 0 saturated carbocycles. The van der Waals surface area contributed by atoms with Crippen molar-refractivity contribution < 1.29 is 19.8 Å². The minimum absolute atomic E-state index is 0.0320. The Labute approximate surface area is 116 Å². The van der Waals surface area contributed by atoms with E-state index in [2.05, 4.69) is 5.32 Å². The zero-order valence-electron chi connectivity index (χ0n) is 10.6. The first kappa shape index (κ1) is 15.4. The van der Waals surface area contributed by atoms with Gasteiger partial charge in [0.25, 0.3) is 0 Å². The first-order valence-corrected chi connectivity index (χ1v) is 7.22. The summed E-state index contributed by atoms with van der Waals surface area (Å²) in [6, 6.07) is 5.61. The van der Waals surface area contributed by atoms with Crippen LogP contribution in [0.5, 0.6) is 5.75 Å². The highest BCUT2D eigenvalue weighted by molar-refractivity contribution is 7.98. The van der Waals surface area contributed by atoms with Crippen molar-refractivity contribution in [3.05, 3.63) is 29.8 Å². The van der Waals surface area contributed by atoms with Gasteiger partial charge in [-0.3, -0.25) is 4.79 Å². The Balaban J connectivity index is 2.58. The van der Waals surface area contributed by atoms with Crippen molar-refractivity contribution in [2.75, 3.05) is 12.0 Å². The highest BCUT2D eigenvalue weighted by atomic mass is 32.2.